The van der Waals surface area contributed by atoms with Gasteiger partial charge in [0.15, 0.2) is 0 Å². The highest BCUT2D eigenvalue weighted by atomic mass is 15.0. The Morgan fingerprint density at radius 3 is 0.897 bits per heavy atom. The molecule has 3 aromatic heterocycles. The number of benzene rings is 14. The topological polar surface area (TPSA) is 14.8 Å². The molecule has 0 amide bonds. The molecule has 3 heteroatoms. The number of fused-ring (bicyclic) bond motifs is 18. The summed E-state index contributed by atoms with van der Waals surface area (Å²) in [6.07, 6.45) is 21.4. The van der Waals surface area contributed by atoms with Crippen LogP contribution in [0.3, 0.4) is 0 Å². The molecule has 17 aromatic rings. The minimum absolute atomic E-state index is 0.147. The fourth-order valence-electron chi connectivity index (χ4n) is 30.6. The predicted octanol–water partition coefficient (Wildman–Crippen LogP) is 28.8. The lowest BCUT2D eigenvalue weighted by molar-refractivity contribution is -0.0399. The van der Waals surface area contributed by atoms with Crippen LogP contribution >= 0.6 is 0 Å². The Morgan fingerprint density at radius 1 is 0.171 bits per heavy atom. The molecule has 15 aliphatic rings. The SMILES string of the molecule is c1ccc(-c2ccc(-n3c4ccccc4c4cc(-c5ccc6c(c5)c5ccccc5n6-c5ccc6c(c5)C5(c7ccccc7-6)C6CC7CC(C6)CC5C7)ccc43)cc2)cc1.c1ccc2c(c1)-c1ccc(-c3ccc4c5ccccc5n(-c5ccc6c(c5)C5(c7ccccc7-6)C6CC7CC(C6)CC5C7)c4c3)cc1C21C2CC3CC(C2)CC1C3. The number of para-hydroxylation sites is 3. The Balaban J connectivity index is 0.000000122. The van der Waals surface area contributed by atoms with Gasteiger partial charge >= 0.3 is 0 Å². The first-order valence-electron chi connectivity index (χ1n) is 44.9. The van der Waals surface area contributed by atoms with Crippen LogP contribution in [0.15, 0.2) is 309 Å². The average molecular weight is 1510 g/mol. The molecule has 117 heavy (non-hydrogen) atoms. The molecule has 0 aliphatic heterocycles. The van der Waals surface area contributed by atoms with Crippen LogP contribution in [0.1, 0.15) is 130 Å². The van der Waals surface area contributed by atoms with E-state index < -0.39 is 0 Å². The van der Waals surface area contributed by atoms with E-state index in [1.165, 1.54) is 246 Å². The Morgan fingerprint density at radius 2 is 0.453 bits per heavy atom. The van der Waals surface area contributed by atoms with Gasteiger partial charge in [0.2, 0.25) is 0 Å². The van der Waals surface area contributed by atoms with Gasteiger partial charge in [0, 0.05) is 65.6 Å². The fourth-order valence-corrected chi connectivity index (χ4v) is 30.6. The third-order valence-corrected chi connectivity index (χ3v) is 34.1. The van der Waals surface area contributed by atoms with E-state index in [4.69, 9.17) is 0 Å². The standard InChI is InChI=1S/C58H44N2.C56H49N/c1-2-10-38(11-3-1)39-18-22-44(23-19-39)59-54-16-8-5-13-48(54)50-33-40(20-26-56(50)59)41-21-27-57-51(34-41)49-14-6-9-17-55(49)60(57)45-24-25-47-46-12-4-7-15-52(46)58(53(47)35-45)42-29-36-28-37(31-42)32-43(58)30-36;1-4-10-49-43(7-1)45-16-13-36(29-51(45)55(49)38-21-32-19-33(23-38)24-39(55)22-32)37-14-17-48-47-9-3-6-12-53(47)57(54(48)30-37)42-15-18-46-44-8-2-5-11-50(44)56(52(46)31-42)40-25-34-20-35(27-40)28-41(56)26-34/h1-27,33-37,42-43H,28-32H2;1-18,29-35,38-41H,19-28H2. The Hall–Kier alpha value is -11.5. The largest absolute Gasteiger partial charge is 0.309 e. The number of aromatic nitrogens is 3. The average Bonchev–Trinajstić information content (AvgIpc) is 1.57. The molecule has 12 bridgehead atoms. The van der Waals surface area contributed by atoms with Crippen LogP contribution in [0.2, 0.25) is 0 Å². The summed E-state index contributed by atoms with van der Waals surface area (Å²) in [5.74, 6) is 10.2. The first-order valence-corrected chi connectivity index (χ1v) is 44.9. The van der Waals surface area contributed by atoms with Gasteiger partial charge in [-0.2, -0.15) is 0 Å². The second-order valence-corrected chi connectivity index (χ2v) is 39.0. The molecule has 15 aliphatic carbocycles. The lowest BCUT2D eigenvalue weighted by atomic mass is 9.43. The number of nitrogens with zero attached hydrogens (tertiary/aromatic N) is 3. The first-order chi connectivity index (χ1) is 57.9. The van der Waals surface area contributed by atoms with Crippen molar-refractivity contribution in [1.82, 2.24) is 13.7 Å². The minimum atomic E-state index is 0.147. The van der Waals surface area contributed by atoms with Crippen LogP contribution in [0, 0.1) is 71.0 Å². The van der Waals surface area contributed by atoms with Crippen molar-refractivity contribution in [2.75, 3.05) is 0 Å². The second kappa shape index (κ2) is 23.9. The Kier molecular flexibility index (Phi) is 13.4. The van der Waals surface area contributed by atoms with Crippen LogP contribution in [0.25, 0.3) is 149 Å². The summed E-state index contributed by atoms with van der Waals surface area (Å²) >= 11 is 0. The summed E-state index contributed by atoms with van der Waals surface area (Å²) in [6, 6.07) is 120. The van der Waals surface area contributed by atoms with E-state index in [2.05, 4.69) is 323 Å². The minimum Gasteiger partial charge on any atom is -0.309 e. The van der Waals surface area contributed by atoms with Crippen LogP contribution < -0.4 is 0 Å². The zero-order chi connectivity index (χ0) is 75.9. The van der Waals surface area contributed by atoms with Gasteiger partial charge in [-0.15, -0.1) is 0 Å². The van der Waals surface area contributed by atoms with Crippen molar-refractivity contribution in [3.05, 3.63) is 343 Å². The molecule has 0 N–H and O–H groups in total. The first kappa shape index (κ1) is 65.6. The zero-order valence-electron chi connectivity index (χ0n) is 66.3. The monoisotopic (exact) mass is 1500 g/mol. The fraction of sp³-hybridized carbons (Fsp3) is 0.263. The van der Waals surface area contributed by atoms with Crippen molar-refractivity contribution in [1.29, 1.82) is 0 Å². The number of hydrogen-bond donors (Lipinski definition) is 0. The van der Waals surface area contributed by atoms with Crippen LogP contribution in [0.4, 0.5) is 0 Å². The van der Waals surface area contributed by atoms with E-state index in [0.29, 0.717) is 0 Å². The summed E-state index contributed by atoms with van der Waals surface area (Å²) in [5.41, 5.74) is 38.4. The molecule has 0 radical (unpaired) electrons. The van der Waals surface area contributed by atoms with Gasteiger partial charge in [-0.05, 0) is 358 Å². The van der Waals surface area contributed by atoms with E-state index in [9.17, 15) is 0 Å². The molecule has 564 valence electrons. The quantitative estimate of drug-likeness (QED) is 0.158. The summed E-state index contributed by atoms with van der Waals surface area (Å²) in [4.78, 5) is 0. The Bertz CT molecular complexity index is 7040. The molecular weight excluding hydrogens is 1410 g/mol. The molecule has 0 saturated heterocycles. The molecule has 3 spiro atoms. The van der Waals surface area contributed by atoms with Gasteiger partial charge < -0.3 is 13.7 Å². The summed E-state index contributed by atoms with van der Waals surface area (Å²) in [7, 11) is 0. The van der Waals surface area contributed by atoms with Gasteiger partial charge in [0.25, 0.3) is 0 Å². The third-order valence-electron chi connectivity index (χ3n) is 34.1. The molecule has 3 nitrogen and oxygen atoms in total. The molecule has 14 aromatic carbocycles. The molecular formula is C114H93N3. The van der Waals surface area contributed by atoms with E-state index in [-0.39, 0.29) is 16.2 Å². The van der Waals surface area contributed by atoms with Gasteiger partial charge in [-0.1, -0.05) is 218 Å². The molecule has 3 heterocycles. The molecule has 12 fully saturated rings. The van der Waals surface area contributed by atoms with E-state index in [0.717, 1.165) is 71.0 Å². The van der Waals surface area contributed by atoms with Crippen molar-refractivity contribution in [2.24, 2.45) is 71.0 Å². The van der Waals surface area contributed by atoms with Crippen molar-refractivity contribution in [2.45, 2.75) is 113 Å². The maximum atomic E-state index is 2.68. The van der Waals surface area contributed by atoms with E-state index in [1.807, 2.05) is 0 Å². The maximum absolute atomic E-state index is 2.68. The highest BCUT2D eigenvalue weighted by Gasteiger charge is 2.65. The number of rotatable bonds is 6. The van der Waals surface area contributed by atoms with Gasteiger partial charge in [0.05, 0.1) is 33.1 Å². The molecule has 0 unspecified atom stereocenters. The normalized spacial score (nSPS) is 28.1. The van der Waals surface area contributed by atoms with Crippen LogP contribution in [-0.2, 0) is 16.2 Å². The highest BCUT2D eigenvalue weighted by molar-refractivity contribution is 6.14. The summed E-state index contributed by atoms with van der Waals surface area (Å²) in [5, 5.41) is 7.86. The molecule has 0 atom stereocenters. The van der Waals surface area contributed by atoms with Crippen molar-refractivity contribution in [3.63, 3.8) is 0 Å². The predicted molar refractivity (Wildman–Crippen MR) is 482 cm³/mol. The van der Waals surface area contributed by atoms with Crippen LogP contribution in [-0.4, -0.2) is 13.7 Å². The van der Waals surface area contributed by atoms with Gasteiger partial charge in [-0.25, -0.2) is 0 Å². The molecule has 12 saturated carbocycles. The van der Waals surface area contributed by atoms with Crippen molar-refractivity contribution in [3.8, 4) is 83.8 Å². The van der Waals surface area contributed by atoms with E-state index in [1.54, 1.807) is 33.4 Å². The summed E-state index contributed by atoms with van der Waals surface area (Å²) in [6.45, 7) is 0. The lowest BCUT2D eigenvalue weighted by Gasteiger charge is -2.61. The van der Waals surface area contributed by atoms with Crippen molar-refractivity contribution >= 4 is 65.4 Å². The second-order valence-electron chi connectivity index (χ2n) is 39.0. The lowest BCUT2D eigenvalue weighted by Crippen LogP contribution is -2.55. The number of hydrogen-bond acceptors (Lipinski definition) is 0. The van der Waals surface area contributed by atoms with Gasteiger partial charge in [-0.3, -0.25) is 0 Å². The van der Waals surface area contributed by atoms with E-state index >= 15 is 0 Å². The van der Waals surface area contributed by atoms with Gasteiger partial charge in [0.1, 0.15) is 0 Å². The summed E-state index contributed by atoms with van der Waals surface area (Å²) < 4.78 is 7.60. The zero-order valence-corrected chi connectivity index (χ0v) is 66.3. The smallest absolute Gasteiger partial charge is 0.0547 e. The van der Waals surface area contributed by atoms with Crippen LogP contribution in [0.5, 0.6) is 0 Å². The maximum Gasteiger partial charge on any atom is 0.0547 e. The highest BCUT2D eigenvalue weighted by Crippen LogP contribution is 2.73. The molecule has 32 rings (SSSR count). The third kappa shape index (κ3) is 8.73. The Labute approximate surface area is 684 Å². The van der Waals surface area contributed by atoms with Crippen molar-refractivity contribution < 1.29 is 0 Å².